The van der Waals surface area contributed by atoms with Crippen LogP contribution in [0.4, 0.5) is 0 Å². The standard InChI is InChI=1S/C19H20O2/c1-14-5-3-4-6-17(14)11-15-12-19(21-13-15)16-7-9-18(20-2)10-8-16/h3-10,12,15H,11,13H2,1-2H3. The molecule has 0 N–H and O–H groups in total. The summed E-state index contributed by atoms with van der Waals surface area (Å²) in [6.45, 7) is 2.93. The normalized spacial score (nSPS) is 17.2. The van der Waals surface area contributed by atoms with Gasteiger partial charge >= 0.3 is 0 Å². The zero-order chi connectivity index (χ0) is 14.7. The lowest BCUT2D eigenvalue weighted by molar-refractivity contribution is 0.270. The number of ether oxygens (including phenoxy) is 2. The molecule has 3 rings (SSSR count). The second-order valence-electron chi connectivity index (χ2n) is 5.46. The maximum absolute atomic E-state index is 5.86. The van der Waals surface area contributed by atoms with Crippen molar-refractivity contribution in [2.45, 2.75) is 13.3 Å². The molecular weight excluding hydrogens is 260 g/mol. The number of aryl methyl sites for hydroxylation is 1. The molecule has 21 heavy (non-hydrogen) atoms. The molecule has 1 atom stereocenters. The Labute approximate surface area is 126 Å². The first-order valence-corrected chi connectivity index (χ1v) is 7.30. The minimum Gasteiger partial charge on any atom is -0.497 e. The van der Waals surface area contributed by atoms with Gasteiger partial charge in [0.25, 0.3) is 0 Å². The summed E-state index contributed by atoms with van der Waals surface area (Å²) >= 11 is 0. The van der Waals surface area contributed by atoms with Crippen LogP contribution in [0.15, 0.2) is 54.6 Å². The van der Waals surface area contributed by atoms with E-state index in [0.29, 0.717) is 5.92 Å². The van der Waals surface area contributed by atoms with Crippen LogP contribution in [0, 0.1) is 12.8 Å². The van der Waals surface area contributed by atoms with Crippen LogP contribution in [0.25, 0.3) is 5.76 Å². The fraction of sp³-hybridized carbons (Fsp3) is 0.263. The molecule has 0 fully saturated rings. The van der Waals surface area contributed by atoms with Crippen molar-refractivity contribution in [2.75, 3.05) is 13.7 Å². The quantitative estimate of drug-likeness (QED) is 0.834. The highest BCUT2D eigenvalue weighted by atomic mass is 16.5. The van der Waals surface area contributed by atoms with E-state index < -0.39 is 0 Å². The molecule has 0 amide bonds. The van der Waals surface area contributed by atoms with Gasteiger partial charge in [-0.1, -0.05) is 24.3 Å². The number of rotatable bonds is 4. The van der Waals surface area contributed by atoms with Crippen LogP contribution < -0.4 is 4.74 Å². The smallest absolute Gasteiger partial charge is 0.122 e. The largest absolute Gasteiger partial charge is 0.497 e. The molecule has 1 aliphatic heterocycles. The topological polar surface area (TPSA) is 18.5 Å². The van der Waals surface area contributed by atoms with Gasteiger partial charge in [0.2, 0.25) is 0 Å². The number of methoxy groups -OCH3 is 1. The van der Waals surface area contributed by atoms with Crippen molar-refractivity contribution in [2.24, 2.45) is 5.92 Å². The van der Waals surface area contributed by atoms with Crippen molar-refractivity contribution in [3.63, 3.8) is 0 Å². The number of benzene rings is 2. The number of hydrogen-bond acceptors (Lipinski definition) is 2. The first-order valence-electron chi connectivity index (χ1n) is 7.30. The Morgan fingerprint density at radius 2 is 1.86 bits per heavy atom. The summed E-state index contributed by atoms with van der Waals surface area (Å²) in [4.78, 5) is 0. The second kappa shape index (κ2) is 6.04. The molecule has 0 saturated heterocycles. The van der Waals surface area contributed by atoms with E-state index in [0.717, 1.165) is 30.1 Å². The van der Waals surface area contributed by atoms with E-state index >= 15 is 0 Å². The molecule has 2 heteroatoms. The monoisotopic (exact) mass is 280 g/mol. The van der Waals surface area contributed by atoms with Crippen LogP contribution >= 0.6 is 0 Å². The van der Waals surface area contributed by atoms with Crippen LogP contribution in [-0.2, 0) is 11.2 Å². The predicted molar refractivity (Wildman–Crippen MR) is 85.3 cm³/mol. The molecule has 1 unspecified atom stereocenters. The van der Waals surface area contributed by atoms with Gasteiger partial charge in [-0.2, -0.15) is 0 Å². The molecule has 1 aliphatic rings. The highest BCUT2D eigenvalue weighted by Gasteiger charge is 2.19. The van der Waals surface area contributed by atoms with Crippen molar-refractivity contribution in [3.05, 3.63) is 71.3 Å². The fourth-order valence-electron chi connectivity index (χ4n) is 2.68. The van der Waals surface area contributed by atoms with E-state index in [-0.39, 0.29) is 0 Å². The molecule has 1 heterocycles. The summed E-state index contributed by atoms with van der Waals surface area (Å²) in [5.74, 6) is 2.30. The Morgan fingerprint density at radius 1 is 1.10 bits per heavy atom. The summed E-state index contributed by atoms with van der Waals surface area (Å²) in [6, 6.07) is 16.6. The minimum absolute atomic E-state index is 0.447. The predicted octanol–water partition coefficient (Wildman–Crippen LogP) is 4.23. The van der Waals surface area contributed by atoms with Crippen LogP contribution in [0.3, 0.4) is 0 Å². The third-order valence-electron chi connectivity index (χ3n) is 3.96. The summed E-state index contributed by atoms with van der Waals surface area (Å²) in [7, 11) is 1.68. The molecule has 0 aromatic heterocycles. The van der Waals surface area contributed by atoms with Gasteiger partial charge in [0.15, 0.2) is 0 Å². The van der Waals surface area contributed by atoms with Gasteiger partial charge in [-0.25, -0.2) is 0 Å². The van der Waals surface area contributed by atoms with Gasteiger partial charge in [0.1, 0.15) is 11.5 Å². The maximum Gasteiger partial charge on any atom is 0.122 e. The average molecular weight is 280 g/mol. The minimum atomic E-state index is 0.447. The third kappa shape index (κ3) is 3.10. The van der Waals surface area contributed by atoms with E-state index in [4.69, 9.17) is 9.47 Å². The highest BCUT2D eigenvalue weighted by molar-refractivity contribution is 5.62. The van der Waals surface area contributed by atoms with Crippen molar-refractivity contribution in [3.8, 4) is 5.75 Å². The van der Waals surface area contributed by atoms with Gasteiger partial charge in [-0.3, -0.25) is 0 Å². The molecule has 2 aromatic carbocycles. The molecular formula is C19H20O2. The van der Waals surface area contributed by atoms with E-state index in [1.807, 2.05) is 24.3 Å². The average Bonchev–Trinajstić information content (AvgIpc) is 2.98. The van der Waals surface area contributed by atoms with Gasteiger partial charge in [0, 0.05) is 11.5 Å². The summed E-state index contributed by atoms with van der Waals surface area (Å²) < 4.78 is 11.0. The van der Waals surface area contributed by atoms with Crippen molar-refractivity contribution in [1.82, 2.24) is 0 Å². The van der Waals surface area contributed by atoms with Crippen molar-refractivity contribution in [1.29, 1.82) is 0 Å². The highest BCUT2D eigenvalue weighted by Crippen LogP contribution is 2.29. The Bertz CT molecular complexity index is 641. The van der Waals surface area contributed by atoms with Gasteiger partial charge < -0.3 is 9.47 Å². The first kappa shape index (κ1) is 13.7. The lowest BCUT2D eigenvalue weighted by atomic mass is 9.96. The fourth-order valence-corrected chi connectivity index (χ4v) is 2.68. The molecule has 0 aliphatic carbocycles. The van der Waals surface area contributed by atoms with Crippen molar-refractivity contribution < 1.29 is 9.47 Å². The third-order valence-corrected chi connectivity index (χ3v) is 3.96. The van der Waals surface area contributed by atoms with Crippen LogP contribution in [0.5, 0.6) is 5.75 Å². The van der Waals surface area contributed by atoms with E-state index in [2.05, 4.69) is 37.3 Å². The van der Waals surface area contributed by atoms with E-state index in [1.165, 1.54) is 11.1 Å². The Hall–Kier alpha value is -2.22. The maximum atomic E-state index is 5.86. The summed E-state index contributed by atoms with van der Waals surface area (Å²) in [5, 5.41) is 0. The molecule has 108 valence electrons. The van der Waals surface area contributed by atoms with Gasteiger partial charge in [-0.15, -0.1) is 0 Å². The lowest BCUT2D eigenvalue weighted by Crippen LogP contribution is -2.04. The SMILES string of the molecule is COc1ccc(C2=CC(Cc3ccccc3C)CO2)cc1. The van der Waals surface area contributed by atoms with E-state index in [9.17, 15) is 0 Å². The van der Waals surface area contributed by atoms with Crippen LogP contribution in [0.1, 0.15) is 16.7 Å². The first-order chi connectivity index (χ1) is 10.3. The molecule has 0 bridgehead atoms. The van der Waals surface area contributed by atoms with Crippen molar-refractivity contribution >= 4 is 5.76 Å². The summed E-state index contributed by atoms with van der Waals surface area (Å²) in [5.41, 5.74) is 3.87. The second-order valence-corrected chi connectivity index (χ2v) is 5.46. The molecule has 0 saturated carbocycles. The van der Waals surface area contributed by atoms with Crippen LogP contribution in [-0.4, -0.2) is 13.7 Å². The van der Waals surface area contributed by atoms with Crippen LogP contribution in [0.2, 0.25) is 0 Å². The molecule has 2 aromatic rings. The zero-order valence-corrected chi connectivity index (χ0v) is 12.5. The molecule has 2 nitrogen and oxygen atoms in total. The molecule has 0 spiro atoms. The zero-order valence-electron chi connectivity index (χ0n) is 12.5. The summed E-state index contributed by atoms with van der Waals surface area (Å²) in [6.07, 6.45) is 3.28. The van der Waals surface area contributed by atoms with Gasteiger partial charge in [0.05, 0.1) is 13.7 Å². The molecule has 0 radical (unpaired) electrons. The Kier molecular flexibility index (Phi) is 3.96. The van der Waals surface area contributed by atoms with Gasteiger partial charge in [-0.05, 0) is 54.8 Å². The number of hydrogen-bond donors (Lipinski definition) is 0. The Morgan fingerprint density at radius 3 is 2.57 bits per heavy atom. The lowest BCUT2D eigenvalue weighted by Gasteiger charge is -2.08. The van der Waals surface area contributed by atoms with E-state index in [1.54, 1.807) is 7.11 Å². The Balaban J connectivity index is 1.73.